The Balaban J connectivity index is 1.61. The van der Waals surface area contributed by atoms with Gasteiger partial charge in [0.05, 0.1) is 25.3 Å². The Kier molecular flexibility index (Phi) is 5.82. The summed E-state index contributed by atoms with van der Waals surface area (Å²) in [5.74, 6) is 1.56. The standard InChI is InChI=1S/C27H24N4O3/c1-18-23(26-29-25(30-34-26)20-12-7-4-8-13-20)24(21-14-9-15-22(16-21)33-2)28-27(32)31(18)17-19-10-5-3-6-11-19/h3-16,24H,17H2,1-2H3,(H,28,32). The number of hydrogen-bond donors (Lipinski definition) is 1. The van der Waals surface area contributed by atoms with E-state index < -0.39 is 6.04 Å². The number of methoxy groups -OCH3 is 1. The smallest absolute Gasteiger partial charge is 0.322 e. The van der Waals surface area contributed by atoms with Gasteiger partial charge in [-0.15, -0.1) is 0 Å². The second-order valence-corrected chi connectivity index (χ2v) is 8.02. The predicted molar refractivity (Wildman–Crippen MR) is 129 cm³/mol. The molecule has 0 bridgehead atoms. The number of carbonyl (C=O) groups excluding carboxylic acids is 1. The van der Waals surface area contributed by atoms with E-state index in [9.17, 15) is 4.79 Å². The van der Waals surface area contributed by atoms with Crippen LogP contribution < -0.4 is 10.1 Å². The molecule has 1 atom stereocenters. The summed E-state index contributed by atoms with van der Waals surface area (Å²) in [6, 6.07) is 26.5. The van der Waals surface area contributed by atoms with E-state index in [2.05, 4.69) is 10.5 Å². The number of amides is 2. The first-order valence-electron chi connectivity index (χ1n) is 11.0. The van der Waals surface area contributed by atoms with E-state index in [0.29, 0.717) is 24.0 Å². The molecule has 2 amide bonds. The molecule has 0 saturated heterocycles. The van der Waals surface area contributed by atoms with Crippen LogP contribution in [-0.2, 0) is 6.54 Å². The van der Waals surface area contributed by atoms with Gasteiger partial charge < -0.3 is 14.6 Å². The minimum atomic E-state index is -0.473. The highest BCUT2D eigenvalue weighted by atomic mass is 16.5. The highest BCUT2D eigenvalue weighted by Gasteiger charge is 2.36. The zero-order chi connectivity index (χ0) is 23.5. The van der Waals surface area contributed by atoms with Crippen LogP contribution in [0.1, 0.15) is 30.0 Å². The lowest BCUT2D eigenvalue weighted by Gasteiger charge is -2.35. The van der Waals surface area contributed by atoms with Crippen LogP contribution in [0.5, 0.6) is 5.75 Å². The van der Waals surface area contributed by atoms with Crippen LogP contribution in [0.15, 0.2) is 95.1 Å². The molecular formula is C27H24N4O3. The van der Waals surface area contributed by atoms with Crippen LogP contribution >= 0.6 is 0 Å². The summed E-state index contributed by atoms with van der Waals surface area (Å²) in [4.78, 5) is 19.6. The molecule has 2 heterocycles. The summed E-state index contributed by atoms with van der Waals surface area (Å²) in [6.45, 7) is 2.34. The number of rotatable bonds is 6. The molecule has 0 spiro atoms. The molecule has 0 radical (unpaired) electrons. The van der Waals surface area contributed by atoms with Crippen LogP contribution in [0.25, 0.3) is 17.0 Å². The van der Waals surface area contributed by atoms with Crippen molar-refractivity contribution in [1.29, 1.82) is 0 Å². The molecule has 0 fully saturated rings. The third-order valence-corrected chi connectivity index (χ3v) is 5.90. The summed E-state index contributed by atoms with van der Waals surface area (Å²) in [7, 11) is 1.62. The molecule has 1 unspecified atom stereocenters. The van der Waals surface area contributed by atoms with Gasteiger partial charge in [0.15, 0.2) is 0 Å². The van der Waals surface area contributed by atoms with Crippen molar-refractivity contribution in [3.05, 3.63) is 108 Å². The first kappa shape index (κ1) is 21.5. The number of nitrogens with zero attached hydrogens (tertiary/aromatic N) is 3. The molecule has 170 valence electrons. The minimum absolute atomic E-state index is 0.194. The lowest BCUT2D eigenvalue weighted by molar-refractivity contribution is 0.203. The van der Waals surface area contributed by atoms with E-state index in [1.54, 1.807) is 12.0 Å². The van der Waals surface area contributed by atoms with Gasteiger partial charge in [-0.2, -0.15) is 4.98 Å². The molecule has 0 aliphatic carbocycles. The summed E-state index contributed by atoms with van der Waals surface area (Å²) in [5.41, 5.74) is 4.24. The highest BCUT2D eigenvalue weighted by molar-refractivity contribution is 5.87. The maximum atomic E-state index is 13.2. The second kappa shape index (κ2) is 9.23. The van der Waals surface area contributed by atoms with Crippen molar-refractivity contribution < 1.29 is 14.1 Å². The normalized spacial score (nSPS) is 15.9. The van der Waals surface area contributed by atoms with E-state index in [-0.39, 0.29) is 6.03 Å². The molecule has 7 nitrogen and oxygen atoms in total. The predicted octanol–water partition coefficient (Wildman–Crippen LogP) is 5.44. The number of hydrogen-bond acceptors (Lipinski definition) is 5. The molecule has 1 aliphatic heterocycles. The molecule has 1 aromatic heterocycles. The van der Waals surface area contributed by atoms with Gasteiger partial charge in [-0.1, -0.05) is 78.0 Å². The maximum Gasteiger partial charge on any atom is 0.322 e. The average Bonchev–Trinajstić information content (AvgIpc) is 3.37. The van der Waals surface area contributed by atoms with E-state index in [1.807, 2.05) is 91.9 Å². The fraction of sp³-hybridized carbons (Fsp3) is 0.148. The van der Waals surface area contributed by atoms with Gasteiger partial charge >= 0.3 is 6.03 Å². The number of benzene rings is 3. The van der Waals surface area contributed by atoms with Gasteiger partial charge in [0.1, 0.15) is 5.75 Å². The maximum absolute atomic E-state index is 13.2. The van der Waals surface area contributed by atoms with Crippen molar-refractivity contribution in [2.75, 3.05) is 7.11 Å². The van der Waals surface area contributed by atoms with Gasteiger partial charge in [-0.25, -0.2) is 4.79 Å². The zero-order valence-electron chi connectivity index (χ0n) is 18.9. The Morgan fingerprint density at radius 3 is 2.47 bits per heavy atom. The van der Waals surface area contributed by atoms with Crippen LogP contribution in [0.3, 0.4) is 0 Å². The number of carbonyl (C=O) groups is 1. The summed E-state index contributed by atoms with van der Waals surface area (Å²) < 4.78 is 11.2. The van der Waals surface area contributed by atoms with Crippen molar-refractivity contribution in [3.8, 4) is 17.1 Å². The molecule has 1 aliphatic rings. The lowest BCUT2D eigenvalue weighted by Crippen LogP contribution is -2.45. The van der Waals surface area contributed by atoms with E-state index in [4.69, 9.17) is 14.2 Å². The van der Waals surface area contributed by atoms with Crippen molar-refractivity contribution in [1.82, 2.24) is 20.4 Å². The van der Waals surface area contributed by atoms with Crippen molar-refractivity contribution in [2.45, 2.75) is 19.5 Å². The van der Waals surface area contributed by atoms with Gasteiger partial charge in [-0.3, -0.25) is 4.90 Å². The first-order chi connectivity index (χ1) is 16.6. The van der Waals surface area contributed by atoms with Gasteiger partial charge in [0, 0.05) is 11.3 Å². The quantitative estimate of drug-likeness (QED) is 0.421. The molecule has 7 heteroatoms. The molecule has 0 saturated carbocycles. The van der Waals surface area contributed by atoms with Crippen LogP contribution in [0, 0.1) is 0 Å². The number of urea groups is 1. The Morgan fingerprint density at radius 1 is 1.00 bits per heavy atom. The Labute approximate surface area is 197 Å². The zero-order valence-corrected chi connectivity index (χ0v) is 18.9. The number of allylic oxidation sites excluding steroid dienone is 1. The van der Waals surface area contributed by atoms with Gasteiger partial charge in [-0.05, 0) is 30.2 Å². The second-order valence-electron chi connectivity index (χ2n) is 8.02. The van der Waals surface area contributed by atoms with Gasteiger partial charge in [0.2, 0.25) is 5.82 Å². The Bertz CT molecular complexity index is 1330. The molecule has 1 N–H and O–H groups in total. The van der Waals surface area contributed by atoms with Gasteiger partial charge in [0.25, 0.3) is 5.89 Å². The molecule has 34 heavy (non-hydrogen) atoms. The summed E-state index contributed by atoms with van der Waals surface area (Å²) in [6.07, 6.45) is 0. The van der Waals surface area contributed by atoms with Crippen LogP contribution in [-0.4, -0.2) is 28.2 Å². The average molecular weight is 453 g/mol. The van der Waals surface area contributed by atoms with Crippen molar-refractivity contribution >= 4 is 11.6 Å². The Morgan fingerprint density at radius 2 is 1.74 bits per heavy atom. The van der Waals surface area contributed by atoms with E-state index in [1.165, 1.54) is 0 Å². The fourth-order valence-corrected chi connectivity index (χ4v) is 4.12. The minimum Gasteiger partial charge on any atom is -0.497 e. The number of ether oxygens (including phenoxy) is 1. The molecule has 4 aromatic rings. The molecule has 5 rings (SSSR count). The van der Waals surface area contributed by atoms with E-state index in [0.717, 1.165) is 28.0 Å². The van der Waals surface area contributed by atoms with Crippen molar-refractivity contribution in [2.24, 2.45) is 0 Å². The topological polar surface area (TPSA) is 80.5 Å². The lowest BCUT2D eigenvalue weighted by atomic mass is 9.94. The third kappa shape index (κ3) is 4.15. The fourth-order valence-electron chi connectivity index (χ4n) is 4.12. The van der Waals surface area contributed by atoms with E-state index >= 15 is 0 Å². The third-order valence-electron chi connectivity index (χ3n) is 5.90. The van der Waals surface area contributed by atoms with Crippen molar-refractivity contribution in [3.63, 3.8) is 0 Å². The Hall–Kier alpha value is -4.39. The summed E-state index contributed by atoms with van der Waals surface area (Å²) in [5, 5.41) is 7.34. The summed E-state index contributed by atoms with van der Waals surface area (Å²) >= 11 is 0. The SMILES string of the molecule is COc1cccc(C2NC(=O)N(Cc3ccccc3)C(C)=C2c2nc(-c3ccccc3)no2)c1. The first-order valence-corrected chi connectivity index (χ1v) is 11.0. The largest absolute Gasteiger partial charge is 0.497 e. The number of nitrogens with one attached hydrogen (secondary N) is 1. The molecule has 3 aromatic carbocycles. The van der Waals surface area contributed by atoms with Crippen LogP contribution in [0.2, 0.25) is 0 Å². The number of aromatic nitrogens is 2. The molecular weight excluding hydrogens is 428 g/mol. The monoisotopic (exact) mass is 452 g/mol. The van der Waals surface area contributed by atoms with Crippen LogP contribution in [0.4, 0.5) is 4.79 Å². The highest BCUT2D eigenvalue weighted by Crippen LogP contribution is 2.38.